The number of amides is 1. The number of rotatable bonds is 2. The topological polar surface area (TPSA) is 65.8 Å². The number of aromatic nitrogens is 1. The highest BCUT2D eigenvalue weighted by molar-refractivity contribution is 7.16. The Morgan fingerprint density at radius 1 is 1.46 bits per heavy atom. The second kappa shape index (κ2) is 6.37. The van der Waals surface area contributed by atoms with Crippen LogP contribution in [0.3, 0.4) is 0 Å². The predicted octanol–water partition coefficient (Wildman–Crippen LogP) is 4.42. The molecule has 1 unspecified atom stereocenters. The van der Waals surface area contributed by atoms with Gasteiger partial charge in [0, 0.05) is 17.3 Å². The summed E-state index contributed by atoms with van der Waals surface area (Å²) in [6.07, 6.45) is 6.16. The number of pyridine rings is 1. The molecule has 4 nitrogen and oxygen atoms in total. The fourth-order valence-electron chi connectivity index (χ4n) is 3.20. The van der Waals surface area contributed by atoms with E-state index in [9.17, 15) is 10.1 Å². The lowest BCUT2D eigenvalue weighted by molar-refractivity contribution is 0.102. The van der Waals surface area contributed by atoms with Crippen molar-refractivity contribution in [2.24, 2.45) is 11.3 Å². The van der Waals surface area contributed by atoms with Crippen molar-refractivity contribution in [3.8, 4) is 6.07 Å². The van der Waals surface area contributed by atoms with Crippen molar-refractivity contribution in [3.63, 3.8) is 0 Å². The Hall–Kier alpha value is -2.19. The number of hydrogen-bond donors (Lipinski definition) is 1. The van der Waals surface area contributed by atoms with Gasteiger partial charge in [-0.05, 0) is 48.3 Å². The van der Waals surface area contributed by atoms with Gasteiger partial charge in [-0.15, -0.1) is 11.3 Å². The second-order valence-electron chi connectivity index (χ2n) is 7.32. The van der Waals surface area contributed by atoms with E-state index in [0.29, 0.717) is 22.0 Å². The summed E-state index contributed by atoms with van der Waals surface area (Å²) in [7, 11) is 0. The number of nitrogens with one attached hydrogen (secondary N) is 1. The van der Waals surface area contributed by atoms with Crippen molar-refractivity contribution in [1.29, 1.82) is 5.26 Å². The van der Waals surface area contributed by atoms with E-state index >= 15 is 0 Å². The summed E-state index contributed by atoms with van der Waals surface area (Å²) in [4.78, 5) is 17.6. The second-order valence-corrected chi connectivity index (χ2v) is 8.43. The highest BCUT2D eigenvalue weighted by Crippen LogP contribution is 2.44. The lowest BCUT2D eigenvalue weighted by Crippen LogP contribution is -2.26. The molecule has 0 saturated heterocycles. The van der Waals surface area contributed by atoms with Gasteiger partial charge in [-0.3, -0.25) is 9.78 Å². The summed E-state index contributed by atoms with van der Waals surface area (Å²) >= 11 is 1.55. The lowest BCUT2D eigenvalue weighted by atomic mass is 9.72. The van der Waals surface area contributed by atoms with E-state index in [1.165, 1.54) is 11.1 Å². The zero-order chi connectivity index (χ0) is 17.3. The minimum absolute atomic E-state index is 0.217. The average Bonchev–Trinajstić information content (AvgIpc) is 2.90. The first-order valence-corrected chi connectivity index (χ1v) is 8.98. The molecule has 1 aliphatic carbocycles. The van der Waals surface area contributed by atoms with E-state index in [1.54, 1.807) is 29.7 Å². The Morgan fingerprint density at radius 2 is 2.25 bits per heavy atom. The van der Waals surface area contributed by atoms with Gasteiger partial charge < -0.3 is 5.32 Å². The molecule has 1 aliphatic rings. The van der Waals surface area contributed by atoms with E-state index in [1.807, 2.05) is 0 Å². The zero-order valence-corrected chi connectivity index (χ0v) is 15.0. The Morgan fingerprint density at radius 3 is 2.88 bits per heavy atom. The smallest absolute Gasteiger partial charge is 0.257 e. The van der Waals surface area contributed by atoms with Gasteiger partial charge in [0.1, 0.15) is 11.1 Å². The van der Waals surface area contributed by atoms with E-state index in [-0.39, 0.29) is 11.3 Å². The highest BCUT2D eigenvalue weighted by Gasteiger charge is 2.32. The monoisotopic (exact) mass is 339 g/mol. The fourth-order valence-corrected chi connectivity index (χ4v) is 4.48. The summed E-state index contributed by atoms with van der Waals surface area (Å²) in [6.45, 7) is 6.81. The van der Waals surface area contributed by atoms with Crippen molar-refractivity contribution in [1.82, 2.24) is 4.98 Å². The summed E-state index contributed by atoms with van der Waals surface area (Å²) < 4.78 is 0. The number of nitriles is 1. The normalized spacial score (nSPS) is 17.0. The summed E-state index contributed by atoms with van der Waals surface area (Å²) in [6, 6.07) is 5.74. The molecule has 0 spiro atoms. The van der Waals surface area contributed by atoms with Gasteiger partial charge in [0.25, 0.3) is 5.91 Å². The first-order valence-electron chi connectivity index (χ1n) is 8.16. The van der Waals surface area contributed by atoms with Gasteiger partial charge in [-0.2, -0.15) is 5.26 Å². The van der Waals surface area contributed by atoms with Crippen LogP contribution in [-0.4, -0.2) is 10.9 Å². The third kappa shape index (κ3) is 3.20. The van der Waals surface area contributed by atoms with Crippen LogP contribution in [0.15, 0.2) is 24.5 Å². The van der Waals surface area contributed by atoms with Crippen molar-refractivity contribution in [2.45, 2.75) is 40.0 Å². The molecule has 0 bridgehead atoms. The molecule has 1 amide bonds. The zero-order valence-electron chi connectivity index (χ0n) is 14.2. The van der Waals surface area contributed by atoms with Crippen molar-refractivity contribution in [2.75, 3.05) is 5.32 Å². The molecule has 0 aromatic carbocycles. The number of anilines is 1. The number of carbonyl (C=O) groups excluding carboxylic acids is 1. The molecule has 3 rings (SSSR count). The predicted molar refractivity (Wildman–Crippen MR) is 96.2 cm³/mol. The highest BCUT2D eigenvalue weighted by atomic mass is 32.1. The number of thiophene rings is 1. The van der Waals surface area contributed by atoms with Crippen LogP contribution >= 0.6 is 11.3 Å². The summed E-state index contributed by atoms with van der Waals surface area (Å²) in [5.41, 5.74) is 2.53. The number of carbonyl (C=O) groups is 1. The number of fused-ring (bicyclic) bond motifs is 1. The largest absolute Gasteiger partial charge is 0.312 e. The minimum Gasteiger partial charge on any atom is -0.312 e. The molecule has 1 N–H and O–H groups in total. The van der Waals surface area contributed by atoms with Crippen LogP contribution in [0.25, 0.3) is 0 Å². The lowest BCUT2D eigenvalue weighted by Gasteiger charge is -2.33. The van der Waals surface area contributed by atoms with Gasteiger partial charge in [0.2, 0.25) is 0 Å². The Bertz CT molecular complexity index is 796. The van der Waals surface area contributed by atoms with Crippen molar-refractivity contribution in [3.05, 3.63) is 46.1 Å². The van der Waals surface area contributed by atoms with Crippen molar-refractivity contribution >= 4 is 22.2 Å². The van der Waals surface area contributed by atoms with Gasteiger partial charge in [0.05, 0.1) is 11.1 Å². The minimum atomic E-state index is -0.217. The van der Waals surface area contributed by atoms with Gasteiger partial charge >= 0.3 is 0 Å². The first kappa shape index (κ1) is 16.7. The number of hydrogen-bond acceptors (Lipinski definition) is 4. The molecule has 0 aliphatic heterocycles. The maximum Gasteiger partial charge on any atom is 0.257 e. The molecule has 2 heterocycles. The fraction of sp³-hybridized carbons (Fsp3) is 0.421. The van der Waals surface area contributed by atoms with Crippen LogP contribution in [0, 0.1) is 22.7 Å². The Kier molecular flexibility index (Phi) is 4.42. The Balaban J connectivity index is 1.87. The summed E-state index contributed by atoms with van der Waals surface area (Å²) in [5.74, 6) is 0.391. The van der Waals surface area contributed by atoms with Crippen LogP contribution < -0.4 is 5.32 Å². The average molecular weight is 339 g/mol. The first-order chi connectivity index (χ1) is 11.4. The molecule has 1 atom stereocenters. The van der Waals surface area contributed by atoms with Crippen LogP contribution in [0.4, 0.5) is 5.00 Å². The Labute approximate surface area is 146 Å². The number of nitrogens with zero attached hydrogens (tertiary/aromatic N) is 2. The molecule has 2 aromatic heterocycles. The maximum absolute atomic E-state index is 12.4. The molecule has 5 heteroatoms. The van der Waals surface area contributed by atoms with E-state index in [0.717, 1.165) is 24.8 Å². The van der Waals surface area contributed by atoms with Gasteiger partial charge in [0.15, 0.2) is 0 Å². The van der Waals surface area contributed by atoms with E-state index in [4.69, 9.17) is 0 Å². The van der Waals surface area contributed by atoms with E-state index < -0.39 is 0 Å². The third-order valence-electron chi connectivity index (χ3n) is 4.75. The standard InChI is InChI=1S/C19H21N3OS/c1-19(2,3)13-6-7-14-15(10-20)18(24-16(14)9-13)22-17(23)12-5-4-8-21-11-12/h4-5,8,11,13H,6-7,9H2,1-3H3,(H,22,23). The maximum atomic E-state index is 12.4. The van der Waals surface area contributed by atoms with Crippen LogP contribution in [-0.2, 0) is 12.8 Å². The summed E-state index contributed by atoms with van der Waals surface area (Å²) in [5, 5.41) is 13.1. The molecule has 2 aromatic rings. The molecule has 124 valence electrons. The third-order valence-corrected chi connectivity index (χ3v) is 5.92. The SMILES string of the molecule is CC(C)(C)C1CCc2c(sc(NC(=O)c3cccnc3)c2C#N)C1. The van der Waals surface area contributed by atoms with Gasteiger partial charge in [-0.25, -0.2) is 0 Å². The quantitative estimate of drug-likeness (QED) is 0.881. The van der Waals surface area contributed by atoms with Gasteiger partial charge in [-0.1, -0.05) is 20.8 Å². The molecule has 0 fully saturated rings. The van der Waals surface area contributed by atoms with Crippen molar-refractivity contribution < 1.29 is 4.79 Å². The molecule has 0 radical (unpaired) electrons. The molecule has 24 heavy (non-hydrogen) atoms. The molecular formula is C19H21N3OS. The molecule has 0 saturated carbocycles. The van der Waals surface area contributed by atoms with Crippen LogP contribution in [0.5, 0.6) is 0 Å². The van der Waals surface area contributed by atoms with Crippen LogP contribution in [0.2, 0.25) is 0 Å². The molecular weight excluding hydrogens is 318 g/mol. The van der Waals surface area contributed by atoms with E-state index in [2.05, 4.69) is 37.1 Å². The van der Waals surface area contributed by atoms with Crippen LogP contribution in [0.1, 0.15) is 53.6 Å².